The first-order chi connectivity index (χ1) is 9.58. The van der Waals surface area contributed by atoms with E-state index in [1.165, 1.54) is 24.3 Å². The van der Waals surface area contributed by atoms with Crippen LogP contribution in [0.1, 0.15) is 30.9 Å². The van der Waals surface area contributed by atoms with Crippen molar-refractivity contribution in [1.82, 2.24) is 5.32 Å². The van der Waals surface area contributed by atoms with Crippen LogP contribution in [0.5, 0.6) is 0 Å². The zero-order valence-corrected chi connectivity index (χ0v) is 11.0. The SMILES string of the molecule is NC(=O)C(NC(=O)C1CCCCO1)c1ccc(F)cc1. The first kappa shape index (κ1) is 14.5. The molecule has 0 radical (unpaired) electrons. The number of nitrogens with two attached hydrogens (primary N) is 1. The summed E-state index contributed by atoms with van der Waals surface area (Å²) in [5, 5.41) is 2.56. The number of primary amides is 1. The number of hydrogen-bond donors (Lipinski definition) is 2. The van der Waals surface area contributed by atoms with Gasteiger partial charge in [-0.05, 0) is 37.0 Å². The van der Waals surface area contributed by atoms with Crippen LogP contribution in [0, 0.1) is 5.82 Å². The van der Waals surface area contributed by atoms with Gasteiger partial charge in [0.25, 0.3) is 0 Å². The van der Waals surface area contributed by atoms with E-state index in [0.717, 1.165) is 12.8 Å². The summed E-state index contributed by atoms with van der Waals surface area (Å²) in [6.07, 6.45) is 1.92. The van der Waals surface area contributed by atoms with Crippen LogP contribution in [0.3, 0.4) is 0 Å². The molecule has 108 valence electrons. The van der Waals surface area contributed by atoms with Crippen LogP contribution in [-0.4, -0.2) is 24.5 Å². The summed E-state index contributed by atoms with van der Waals surface area (Å²) >= 11 is 0. The number of carbonyl (C=O) groups excluding carboxylic acids is 2. The first-order valence-electron chi connectivity index (χ1n) is 6.54. The molecule has 5 nitrogen and oxygen atoms in total. The fraction of sp³-hybridized carbons (Fsp3) is 0.429. The molecule has 0 aromatic heterocycles. The summed E-state index contributed by atoms with van der Waals surface area (Å²) in [7, 11) is 0. The number of nitrogens with one attached hydrogen (secondary N) is 1. The number of benzene rings is 1. The van der Waals surface area contributed by atoms with Crippen LogP contribution >= 0.6 is 0 Å². The van der Waals surface area contributed by atoms with Crippen LogP contribution in [0.25, 0.3) is 0 Å². The highest BCUT2D eigenvalue weighted by molar-refractivity contribution is 5.89. The molecule has 1 aliphatic rings. The van der Waals surface area contributed by atoms with Crippen molar-refractivity contribution in [2.24, 2.45) is 5.73 Å². The van der Waals surface area contributed by atoms with Crippen molar-refractivity contribution < 1.29 is 18.7 Å². The molecule has 0 aliphatic carbocycles. The second kappa shape index (κ2) is 6.47. The van der Waals surface area contributed by atoms with Crippen molar-refractivity contribution in [3.8, 4) is 0 Å². The second-order valence-electron chi connectivity index (χ2n) is 4.75. The molecule has 1 aliphatic heterocycles. The normalized spacial score (nSPS) is 20.1. The largest absolute Gasteiger partial charge is 0.368 e. The minimum atomic E-state index is -0.978. The second-order valence-corrected chi connectivity index (χ2v) is 4.75. The van der Waals surface area contributed by atoms with Gasteiger partial charge >= 0.3 is 0 Å². The third-order valence-corrected chi connectivity index (χ3v) is 3.25. The zero-order chi connectivity index (χ0) is 14.5. The molecule has 3 N–H and O–H groups in total. The average Bonchev–Trinajstić information content (AvgIpc) is 2.46. The lowest BCUT2D eigenvalue weighted by Crippen LogP contribution is -2.44. The molecule has 1 heterocycles. The van der Waals surface area contributed by atoms with Gasteiger partial charge in [-0.15, -0.1) is 0 Å². The predicted octanol–water partition coefficient (Wildman–Crippen LogP) is 1.04. The molecule has 2 rings (SSSR count). The lowest BCUT2D eigenvalue weighted by atomic mass is 10.0. The molecule has 1 aromatic rings. The highest BCUT2D eigenvalue weighted by Crippen LogP contribution is 2.17. The molecule has 20 heavy (non-hydrogen) atoms. The smallest absolute Gasteiger partial charge is 0.250 e. The number of carbonyl (C=O) groups is 2. The Balaban J connectivity index is 2.07. The predicted molar refractivity (Wildman–Crippen MR) is 70.1 cm³/mol. The van der Waals surface area contributed by atoms with Gasteiger partial charge in [-0.1, -0.05) is 12.1 Å². The first-order valence-corrected chi connectivity index (χ1v) is 6.54. The van der Waals surface area contributed by atoms with Crippen molar-refractivity contribution in [3.05, 3.63) is 35.6 Å². The standard InChI is InChI=1S/C14H17FN2O3/c15-10-6-4-9(5-7-10)12(13(16)18)17-14(19)11-3-1-2-8-20-11/h4-7,11-12H,1-3,8H2,(H2,16,18)(H,17,19). The van der Waals surface area contributed by atoms with E-state index in [4.69, 9.17) is 10.5 Å². The van der Waals surface area contributed by atoms with Gasteiger partial charge in [0.1, 0.15) is 18.0 Å². The van der Waals surface area contributed by atoms with Crippen molar-refractivity contribution >= 4 is 11.8 Å². The summed E-state index contributed by atoms with van der Waals surface area (Å²) in [5.74, 6) is -1.47. The molecule has 1 aromatic carbocycles. The Labute approximate surface area is 116 Å². The summed E-state index contributed by atoms with van der Waals surface area (Å²) in [5.41, 5.74) is 5.74. The molecular formula is C14H17FN2O3. The van der Waals surface area contributed by atoms with Gasteiger partial charge in [0.2, 0.25) is 11.8 Å². The number of rotatable bonds is 4. The van der Waals surface area contributed by atoms with Crippen LogP contribution < -0.4 is 11.1 Å². The monoisotopic (exact) mass is 280 g/mol. The lowest BCUT2D eigenvalue weighted by Gasteiger charge is -2.24. The number of amides is 2. The van der Waals surface area contributed by atoms with Gasteiger partial charge < -0.3 is 15.8 Å². The third-order valence-electron chi connectivity index (χ3n) is 3.25. The third kappa shape index (κ3) is 3.54. The Morgan fingerprint density at radius 3 is 2.55 bits per heavy atom. The van der Waals surface area contributed by atoms with E-state index >= 15 is 0 Å². The van der Waals surface area contributed by atoms with Crippen molar-refractivity contribution in [2.45, 2.75) is 31.4 Å². The molecule has 0 saturated carbocycles. The number of hydrogen-bond acceptors (Lipinski definition) is 3. The van der Waals surface area contributed by atoms with E-state index in [1.807, 2.05) is 0 Å². The van der Waals surface area contributed by atoms with E-state index in [1.54, 1.807) is 0 Å². The topological polar surface area (TPSA) is 81.4 Å². The summed E-state index contributed by atoms with van der Waals surface area (Å²) in [6.45, 7) is 0.538. The summed E-state index contributed by atoms with van der Waals surface area (Å²) < 4.78 is 18.2. The minimum absolute atomic E-state index is 0.363. The highest BCUT2D eigenvalue weighted by atomic mass is 19.1. The van der Waals surface area contributed by atoms with Gasteiger partial charge in [-0.2, -0.15) is 0 Å². The molecule has 2 amide bonds. The van der Waals surface area contributed by atoms with Gasteiger partial charge in [0.05, 0.1) is 0 Å². The molecular weight excluding hydrogens is 263 g/mol. The Morgan fingerprint density at radius 1 is 1.30 bits per heavy atom. The van der Waals surface area contributed by atoms with Gasteiger partial charge in [-0.3, -0.25) is 9.59 Å². The fourth-order valence-electron chi connectivity index (χ4n) is 2.16. The maximum absolute atomic E-state index is 12.9. The maximum Gasteiger partial charge on any atom is 0.250 e. The van der Waals surface area contributed by atoms with Crippen molar-refractivity contribution in [1.29, 1.82) is 0 Å². The van der Waals surface area contributed by atoms with E-state index < -0.39 is 23.9 Å². The summed E-state index contributed by atoms with van der Waals surface area (Å²) in [6, 6.07) is 4.30. The van der Waals surface area contributed by atoms with Crippen LogP contribution in [-0.2, 0) is 14.3 Å². The van der Waals surface area contributed by atoms with E-state index in [9.17, 15) is 14.0 Å². The van der Waals surface area contributed by atoms with Gasteiger partial charge in [-0.25, -0.2) is 4.39 Å². The maximum atomic E-state index is 12.9. The Hall–Kier alpha value is -1.95. The van der Waals surface area contributed by atoms with E-state index in [2.05, 4.69) is 5.32 Å². The zero-order valence-electron chi connectivity index (χ0n) is 11.0. The highest BCUT2D eigenvalue weighted by Gasteiger charge is 2.27. The molecule has 2 atom stereocenters. The van der Waals surface area contributed by atoms with Crippen LogP contribution in [0.15, 0.2) is 24.3 Å². The number of ether oxygens (including phenoxy) is 1. The molecule has 6 heteroatoms. The van der Waals surface area contributed by atoms with Gasteiger partial charge in [0, 0.05) is 6.61 Å². The van der Waals surface area contributed by atoms with Crippen molar-refractivity contribution in [3.63, 3.8) is 0 Å². The van der Waals surface area contributed by atoms with Gasteiger partial charge in [0.15, 0.2) is 0 Å². The van der Waals surface area contributed by atoms with Crippen LogP contribution in [0.2, 0.25) is 0 Å². The summed E-state index contributed by atoms with van der Waals surface area (Å²) in [4.78, 5) is 23.5. The minimum Gasteiger partial charge on any atom is -0.368 e. The van der Waals surface area contributed by atoms with E-state index in [-0.39, 0.29) is 5.91 Å². The Kier molecular flexibility index (Phi) is 4.68. The molecule has 0 spiro atoms. The molecule has 1 fully saturated rings. The van der Waals surface area contributed by atoms with E-state index in [0.29, 0.717) is 18.6 Å². The molecule has 0 bridgehead atoms. The fourth-order valence-corrected chi connectivity index (χ4v) is 2.16. The average molecular weight is 280 g/mol. The quantitative estimate of drug-likeness (QED) is 0.864. The molecule has 1 saturated heterocycles. The lowest BCUT2D eigenvalue weighted by molar-refractivity contribution is -0.138. The van der Waals surface area contributed by atoms with Crippen molar-refractivity contribution in [2.75, 3.05) is 6.61 Å². The van der Waals surface area contributed by atoms with Crippen LogP contribution in [0.4, 0.5) is 4.39 Å². The Morgan fingerprint density at radius 2 is 2.00 bits per heavy atom. The Bertz CT molecular complexity index is 484. The molecule has 2 unspecified atom stereocenters. The number of halogens is 1.